The van der Waals surface area contributed by atoms with Gasteiger partial charge in [-0.15, -0.1) is 21.9 Å². The lowest BCUT2D eigenvalue weighted by molar-refractivity contribution is 0.468. The van der Waals surface area contributed by atoms with Crippen LogP contribution in [0.2, 0.25) is 0 Å². The van der Waals surface area contributed by atoms with E-state index in [1.165, 1.54) is 0 Å². The fourth-order valence-corrected chi connectivity index (χ4v) is 0.698. The summed E-state index contributed by atoms with van der Waals surface area (Å²) in [5.74, 6) is -3.20. The average molecular weight is 242 g/mol. The molecule has 0 aliphatic heterocycles. The molecule has 5 heteroatoms. The largest absolute Gasteiger partial charge is 0.206 e. The van der Waals surface area contributed by atoms with E-state index in [0.29, 0.717) is 6.07 Å². The maximum atomic E-state index is 12.3. The van der Waals surface area contributed by atoms with Crippen molar-refractivity contribution in [2.75, 3.05) is 6.66 Å². The molecule has 0 aliphatic carbocycles. The van der Waals surface area contributed by atoms with Gasteiger partial charge in [-0.3, -0.25) is 0 Å². The first kappa shape index (κ1) is 16.2. The normalized spacial score (nSPS) is 8.00. The van der Waals surface area contributed by atoms with Crippen LogP contribution in [0.3, 0.4) is 0 Å². The van der Waals surface area contributed by atoms with Crippen LogP contribution in [0.25, 0.3) is 0 Å². The molecule has 0 N–H and O–H groups in total. The summed E-state index contributed by atoms with van der Waals surface area (Å²) in [6.45, 7) is 5.92. The molecule has 14 heavy (non-hydrogen) atoms. The van der Waals surface area contributed by atoms with Gasteiger partial charge in [0, 0.05) is 0 Å². The van der Waals surface area contributed by atoms with Gasteiger partial charge < -0.3 is 0 Å². The average Bonchev–Trinajstić information content (AvgIpc) is 2.26. The Morgan fingerprint density at radius 2 is 1.36 bits per heavy atom. The Hall–Kier alpha value is -0.210. The number of halogens is 3. The molecule has 0 radical (unpaired) electrons. The Bertz CT molecular complexity index is 239. The fourth-order valence-electron chi connectivity index (χ4n) is 0.516. The summed E-state index contributed by atoms with van der Waals surface area (Å²) in [6.07, 6.45) is 0. The van der Waals surface area contributed by atoms with Crippen molar-refractivity contribution in [1.82, 2.24) is 0 Å². The van der Waals surface area contributed by atoms with E-state index in [0.717, 1.165) is 6.07 Å². The standard InChI is InChI=1S/C6H3F3S.C2H6.CH5P/c7-3-1-2-4(8)6(10)5(3)9;2*1-2/h1-2,10H;1-2H3;2H2,1H3. The predicted octanol–water partition coefficient (Wildman–Crippen LogP) is 3.91. The summed E-state index contributed by atoms with van der Waals surface area (Å²) >= 11 is 3.39. The van der Waals surface area contributed by atoms with E-state index in [2.05, 4.69) is 21.9 Å². The topological polar surface area (TPSA) is 0 Å². The molecular weight excluding hydrogens is 228 g/mol. The van der Waals surface area contributed by atoms with Crippen molar-refractivity contribution in [2.45, 2.75) is 18.7 Å². The molecule has 0 fully saturated rings. The van der Waals surface area contributed by atoms with Gasteiger partial charge in [0.15, 0.2) is 11.6 Å². The Morgan fingerprint density at radius 3 is 1.71 bits per heavy atom. The number of thiol groups is 1. The molecule has 0 saturated heterocycles. The van der Waals surface area contributed by atoms with E-state index in [9.17, 15) is 13.2 Å². The summed E-state index contributed by atoms with van der Waals surface area (Å²) in [5.41, 5.74) is 0. The van der Waals surface area contributed by atoms with Crippen molar-refractivity contribution in [3.8, 4) is 0 Å². The third kappa shape index (κ3) is 4.87. The third-order valence-corrected chi connectivity index (χ3v) is 1.43. The van der Waals surface area contributed by atoms with E-state index in [-0.39, 0.29) is 0 Å². The van der Waals surface area contributed by atoms with Gasteiger partial charge in [0.05, 0.1) is 4.90 Å². The van der Waals surface area contributed by atoms with Crippen LogP contribution in [-0.4, -0.2) is 6.66 Å². The summed E-state index contributed by atoms with van der Waals surface area (Å²) in [6, 6.07) is 1.53. The lowest BCUT2D eigenvalue weighted by atomic mass is 10.3. The molecule has 1 aromatic rings. The highest BCUT2D eigenvalue weighted by atomic mass is 32.1. The number of hydrogen-bond acceptors (Lipinski definition) is 1. The minimum Gasteiger partial charge on any atom is -0.206 e. The number of benzene rings is 1. The first-order valence-corrected chi connectivity index (χ1v) is 5.63. The van der Waals surface area contributed by atoms with Gasteiger partial charge >= 0.3 is 0 Å². The minimum atomic E-state index is -1.25. The Balaban J connectivity index is 0. The van der Waals surface area contributed by atoms with Crippen LogP contribution in [0.15, 0.2) is 17.0 Å². The smallest absolute Gasteiger partial charge is 0.175 e. The van der Waals surface area contributed by atoms with Crippen molar-refractivity contribution in [3.63, 3.8) is 0 Å². The number of rotatable bonds is 0. The van der Waals surface area contributed by atoms with Gasteiger partial charge in [-0.1, -0.05) is 20.5 Å². The van der Waals surface area contributed by atoms with E-state index in [1.54, 1.807) is 0 Å². The lowest BCUT2D eigenvalue weighted by Gasteiger charge is -1.96. The summed E-state index contributed by atoms with van der Waals surface area (Å²) < 4.78 is 36.7. The summed E-state index contributed by atoms with van der Waals surface area (Å²) in [4.78, 5) is -0.583. The second-order valence-corrected chi connectivity index (χ2v) is 2.14. The lowest BCUT2D eigenvalue weighted by Crippen LogP contribution is -1.88. The molecule has 0 nitrogen and oxygen atoms in total. The molecule has 1 unspecified atom stereocenters. The van der Waals surface area contributed by atoms with Crippen LogP contribution in [0, 0.1) is 17.5 Å². The van der Waals surface area contributed by atoms with Gasteiger partial charge in [0.25, 0.3) is 0 Å². The van der Waals surface area contributed by atoms with Gasteiger partial charge in [-0.2, -0.15) is 0 Å². The summed E-state index contributed by atoms with van der Waals surface area (Å²) in [7, 11) is 2.42. The van der Waals surface area contributed by atoms with Crippen LogP contribution >= 0.6 is 21.9 Å². The molecule has 0 heterocycles. The maximum absolute atomic E-state index is 12.3. The highest BCUT2D eigenvalue weighted by Crippen LogP contribution is 2.18. The van der Waals surface area contributed by atoms with E-state index in [4.69, 9.17) is 0 Å². The molecule has 0 aliphatic rings. The maximum Gasteiger partial charge on any atom is 0.175 e. The van der Waals surface area contributed by atoms with Crippen LogP contribution in [0.5, 0.6) is 0 Å². The second kappa shape index (κ2) is 9.35. The first-order valence-electron chi connectivity index (χ1n) is 4.03. The van der Waals surface area contributed by atoms with Crippen molar-refractivity contribution in [1.29, 1.82) is 0 Å². The van der Waals surface area contributed by atoms with Crippen LogP contribution < -0.4 is 0 Å². The Labute approximate surface area is 90.5 Å². The second-order valence-electron chi connectivity index (χ2n) is 1.69. The number of hydrogen-bond donors (Lipinski definition) is 1. The van der Waals surface area contributed by atoms with Crippen LogP contribution in [0.1, 0.15) is 13.8 Å². The zero-order chi connectivity index (χ0) is 11.7. The highest BCUT2D eigenvalue weighted by molar-refractivity contribution is 7.80. The van der Waals surface area contributed by atoms with Crippen LogP contribution in [-0.2, 0) is 0 Å². The van der Waals surface area contributed by atoms with Gasteiger partial charge in [0.1, 0.15) is 5.82 Å². The van der Waals surface area contributed by atoms with Crippen molar-refractivity contribution >= 4 is 21.9 Å². The molecule has 1 atom stereocenters. The fraction of sp³-hybridized carbons (Fsp3) is 0.333. The van der Waals surface area contributed by atoms with Gasteiger partial charge in [-0.25, -0.2) is 13.2 Å². The minimum absolute atomic E-state index is 0.583. The van der Waals surface area contributed by atoms with Crippen molar-refractivity contribution < 1.29 is 13.2 Å². The molecular formula is C9H14F3PS. The van der Waals surface area contributed by atoms with E-state index >= 15 is 0 Å². The molecule has 0 saturated carbocycles. The molecule has 82 valence electrons. The quantitative estimate of drug-likeness (QED) is 0.398. The zero-order valence-electron chi connectivity index (χ0n) is 8.31. The molecule has 1 aromatic carbocycles. The van der Waals surface area contributed by atoms with Crippen LogP contribution in [0.4, 0.5) is 13.2 Å². The summed E-state index contributed by atoms with van der Waals surface area (Å²) in [5, 5.41) is 0. The Kier molecular flexibility index (Phi) is 10.8. The SMILES string of the molecule is CC.CP.Fc1ccc(F)c(S)c1F. The van der Waals surface area contributed by atoms with Gasteiger partial charge in [-0.05, 0) is 12.1 Å². The zero-order valence-corrected chi connectivity index (χ0v) is 10.4. The van der Waals surface area contributed by atoms with Gasteiger partial charge in [0.2, 0.25) is 0 Å². The molecule has 0 spiro atoms. The first-order chi connectivity index (χ1) is 6.63. The molecule has 1 rings (SSSR count). The van der Waals surface area contributed by atoms with Crippen molar-refractivity contribution in [2.24, 2.45) is 0 Å². The van der Waals surface area contributed by atoms with Crippen molar-refractivity contribution in [3.05, 3.63) is 29.6 Å². The van der Waals surface area contributed by atoms with E-state index in [1.807, 2.05) is 20.5 Å². The Morgan fingerprint density at radius 1 is 1.00 bits per heavy atom. The third-order valence-electron chi connectivity index (χ3n) is 1.02. The molecule has 0 amide bonds. The predicted molar refractivity (Wildman–Crippen MR) is 60.6 cm³/mol. The molecule has 0 aromatic heterocycles. The highest BCUT2D eigenvalue weighted by Gasteiger charge is 2.08. The molecule has 0 bridgehead atoms. The van der Waals surface area contributed by atoms with E-state index < -0.39 is 22.3 Å². The monoisotopic (exact) mass is 242 g/mol.